The van der Waals surface area contributed by atoms with Gasteiger partial charge in [0.1, 0.15) is 0 Å². The van der Waals surface area contributed by atoms with Crippen LogP contribution in [0.5, 0.6) is 0 Å². The molecule has 0 aliphatic carbocycles. The Morgan fingerprint density at radius 1 is 1.37 bits per heavy atom. The molecule has 1 heterocycles. The maximum Gasteiger partial charge on any atom is 0.303 e. The molecule has 0 saturated heterocycles. The van der Waals surface area contributed by atoms with E-state index in [1.54, 1.807) is 16.2 Å². The van der Waals surface area contributed by atoms with E-state index in [-0.39, 0.29) is 18.4 Å². The van der Waals surface area contributed by atoms with Gasteiger partial charge in [-0.05, 0) is 40.2 Å². The summed E-state index contributed by atoms with van der Waals surface area (Å²) in [6.07, 6.45) is 0.583. The molecule has 0 spiro atoms. The van der Waals surface area contributed by atoms with Crippen molar-refractivity contribution in [3.05, 3.63) is 21.4 Å². The van der Waals surface area contributed by atoms with Crippen LogP contribution in [0.1, 0.15) is 46.8 Å². The molecule has 0 radical (unpaired) electrons. The summed E-state index contributed by atoms with van der Waals surface area (Å²) in [4.78, 5) is 26.9. The summed E-state index contributed by atoms with van der Waals surface area (Å²) in [6.45, 7) is 8.32. The van der Waals surface area contributed by atoms with Crippen LogP contribution in [0, 0.1) is 13.8 Å². The van der Waals surface area contributed by atoms with Crippen molar-refractivity contribution in [1.29, 1.82) is 0 Å². The minimum Gasteiger partial charge on any atom is -0.481 e. The molecule has 0 aromatic carbocycles. The Hall–Kier alpha value is -1.36. The number of hydrogen-bond acceptors (Lipinski definition) is 3. The van der Waals surface area contributed by atoms with E-state index in [0.29, 0.717) is 13.0 Å². The highest BCUT2D eigenvalue weighted by molar-refractivity contribution is 7.12. The smallest absolute Gasteiger partial charge is 0.303 e. The van der Waals surface area contributed by atoms with Gasteiger partial charge in [-0.2, -0.15) is 0 Å². The van der Waals surface area contributed by atoms with Crippen molar-refractivity contribution in [2.24, 2.45) is 0 Å². The average molecular weight is 283 g/mol. The van der Waals surface area contributed by atoms with E-state index in [2.05, 4.69) is 0 Å². The first-order valence-corrected chi connectivity index (χ1v) is 7.24. The minimum absolute atomic E-state index is 0.00207. The van der Waals surface area contributed by atoms with Crippen molar-refractivity contribution in [2.45, 2.75) is 46.6 Å². The number of amides is 1. The standard InChI is InChI=1S/C14H21NO3S/c1-9(2)15(7-5-6-13(16)17)14(18)12-8-10(3)19-11(12)4/h8-9H,5-7H2,1-4H3,(H,16,17). The van der Waals surface area contributed by atoms with Crippen LogP contribution in [0.4, 0.5) is 0 Å². The third kappa shape index (κ3) is 4.35. The highest BCUT2D eigenvalue weighted by Crippen LogP contribution is 2.23. The molecular formula is C14H21NO3S. The van der Waals surface area contributed by atoms with Gasteiger partial charge in [0.25, 0.3) is 5.91 Å². The van der Waals surface area contributed by atoms with Crippen LogP contribution in [-0.4, -0.2) is 34.5 Å². The van der Waals surface area contributed by atoms with Gasteiger partial charge in [-0.25, -0.2) is 0 Å². The maximum atomic E-state index is 12.5. The topological polar surface area (TPSA) is 57.6 Å². The van der Waals surface area contributed by atoms with E-state index in [4.69, 9.17) is 5.11 Å². The average Bonchev–Trinajstić information content (AvgIpc) is 2.62. The Kier molecular flexibility index (Phi) is 5.54. The van der Waals surface area contributed by atoms with E-state index < -0.39 is 5.97 Å². The van der Waals surface area contributed by atoms with Gasteiger partial charge in [-0.3, -0.25) is 9.59 Å². The normalized spacial score (nSPS) is 10.8. The second kappa shape index (κ2) is 6.70. The summed E-state index contributed by atoms with van der Waals surface area (Å²) < 4.78 is 0. The van der Waals surface area contributed by atoms with Crippen molar-refractivity contribution < 1.29 is 14.7 Å². The summed E-state index contributed by atoms with van der Waals surface area (Å²) in [5, 5.41) is 8.67. The van der Waals surface area contributed by atoms with E-state index in [0.717, 1.165) is 15.3 Å². The number of hydrogen-bond donors (Lipinski definition) is 1. The number of carbonyl (C=O) groups excluding carboxylic acids is 1. The van der Waals surface area contributed by atoms with Gasteiger partial charge < -0.3 is 10.0 Å². The van der Waals surface area contributed by atoms with Gasteiger partial charge in [0.2, 0.25) is 0 Å². The van der Waals surface area contributed by atoms with Crippen LogP contribution in [0.25, 0.3) is 0 Å². The molecule has 0 saturated carbocycles. The molecule has 5 heteroatoms. The van der Waals surface area contributed by atoms with Gasteiger partial charge in [-0.15, -0.1) is 11.3 Å². The largest absolute Gasteiger partial charge is 0.481 e. The zero-order valence-electron chi connectivity index (χ0n) is 11.9. The van der Waals surface area contributed by atoms with Gasteiger partial charge in [0.15, 0.2) is 0 Å². The molecule has 0 aliphatic heterocycles. The Morgan fingerprint density at radius 2 is 2.00 bits per heavy atom. The number of rotatable bonds is 6. The van der Waals surface area contributed by atoms with E-state index in [9.17, 15) is 9.59 Å². The van der Waals surface area contributed by atoms with E-state index in [1.165, 1.54) is 0 Å². The van der Waals surface area contributed by atoms with Crippen molar-refractivity contribution in [3.63, 3.8) is 0 Å². The number of carbonyl (C=O) groups is 2. The number of carboxylic acid groups (broad SMARTS) is 1. The summed E-state index contributed by atoms with van der Waals surface area (Å²) >= 11 is 1.61. The lowest BCUT2D eigenvalue weighted by atomic mass is 10.1. The fourth-order valence-electron chi connectivity index (χ4n) is 1.99. The lowest BCUT2D eigenvalue weighted by Crippen LogP contribution is -2.38. The highest BCUT2D eigenvalue weighted by atomic mass is 32.1. The SMILES string of the molecule is Cc1cc(C(=O)N(CCCC(=O)O)C(C)C)c(C)s1. The summed E-state index contributed by atoms with van der Waals surface area (Å²) in [5.74, 6) is -0.819. The molecule has 0 unspecified atom stereocenters. The highest BCUT2D eigenvalue weighted by Gasteiger charge is 2.21. The molecule has 1 aromatic rings. The van der Waals surface area contributed by atoms with Crippen LogP contribution in [0.15, 0.2) is 6.07 Å². The molecule has 1 amide bonds. The minimum atomic E-state index is -0.821. The predicted octanol–water partition coefficient (Wildman–Crippen LogP) is 3.08. The van der Waals surface area contributed by atoms with Crippen LogP contribution >= 0.6 is 11.3 Å². The number of thiophene rings is 1. The van der Waals surface area contributed by atoms with Crippen LogP contribution in [0.2, 0.25) is 0 Å². The van der Waals surface area contributed by atoms with Crippen molar-refractivity contribution in [2.75, 3.05) is 6.54 Å². The number of aliphatic carboxylic acids is 1. The first kappa shape index (κ1) is 15.7. The predicted molar refractivity (Wildman–Crippen MR) is 76.8 cm³/mol. The lowest BCUT2D eigenvalue weighted by molar-refractivity contribution is -0.137. The number of nitrogens with zero attached hydrogens (tertiary/aromatic N) is 1. The maximum absolute atomic E-state index is 12.5. The first-order valence-electron chi connectivity index (χ1n) is 6.42. The zero-order chi connectivity index (χ0) is 14.6. The Labute approximate surface area is 118 Å². The fraction of sp³-hybridized carbons (Fsp3) is 0.571. The van der Waals surface area contributed by atoms with Crippen LogP contribution in [-0.2, 0) is 4.79 Å². The lowest BCUT2D eigenvalue weighted by Gasteiger charge is -2.26. The van der Waals surface area contributed by atoms with Gasteiger partial charge >= 0.3 is 5.97 Å². The summed E-state index contributed by atoms with van der Waals surface area (Å²) in [5.41, 5.74) is 0.742. The van der Waals surface area contributed by atoms with Gasteiger partial charge in [0.05, 0.1) is 5.56 Å². The Morgan fingerprint density at radius 3 is 2.42 bits per heavy atom. The van der Waals surface area contributed by atoms with Gasteiger partial charge in [-0.1, -0.05) is 0 Å². The first-order chi connectivity index (χ1) is 8.82. The fourth-order valence-corrected chi connectivity index (χ4v) is 2.91. The van der Waals surface area contributed by atoms with Crippen molar-refractivity contribution in [1.82, 2.24) is 4.90 Å². The van der Waals surface area contributed by atoms with E-state index >= 15 is 0 Å². The third-order valence-corrected chi connectivity index (χ3v) is 3.91. The number of carboxylic acids is 1. The molecule has 0 bridgehead atoms. The number of aryl methyl sites for hydroxylation is 2. The quantitative estimate of drug-likeness (QED) is 0.873. The molecule has 0 fully saturated rings. The Bertz CT molecular complexity index is 465. The molecule has 1 rings (SSSR count). The van der Waals surface area contributed by atoms with Crippen LogP contribution in [0.3, 0.4) is 0 Å². The molecular weight excluding hydrogens is 262 g/mol. The molecule has 19 heavy (non-hydrogen) atoms. The van der Waals surface area contributed by atoms with Crippen LogP contribution < -0.4 is 0 Å². The molecule has 0 atom stereocenters. The second-order valence-electron chi connectivity index (χ2n) is 4.92. The van der Waals surface area contributed by atoms with Crippen molar-refractivity contribution in [3.8, 4) is 0 Å². The van der Waals surface area contributed by atoms with Crippen molar-refractivity contribution >= 4 is 23.2 Å². The van der Waals surface area contributed by atoms with E-state index in [1.807, 2.05) is 33.8 Å². The molecule has 4 nitrogen and oxygen atoms in total. The summed E-state index contributed by atoms with van der Waals surface area (Å²) in [6, 6.07) is 1.98. The molecule has 0 aliphatic rings. The summed E-state index contributed by atoms with van der Waals surface area (Å²) in [7, 11) is 0. The third-order valence-electron chi connectivity index (χ3n) is 2.95. The molecule has 1 aromatic heterocycles. The second-order valence-corrected chi connectivity index (χ2v) is 6.38. The van der Waals surface area contributed by atoms with Gasteiger partial charge in [0, 0.05) is 28.8 Å². The zero-order valence-corrected chi connectivity index (χ0v) is 12.7. The Balaban J connectivity index is 2.78. The monoisotopic (exact) mass is 283 g/mol. The molecule has 106 valence electrons. The molecule has 1 N–H and O–H groups in total.